The van der Waals surface area contributed by atoms with Gasteiger partial charge in [0, 0.05) is 11.8 Å². The minimum atomic E-state index is -0.315. The maximum atomic E-state index is 12.2. The van der Waals surface area contributed by atoms with Crippen LogP contribution in [0, 0.1) is 0 Å². The fourth-order valence-electron chi connectivity index (χ4n) is 3.06. The van der Waals surface area contributed by atoms with Gasteiger partial charge in [-0.15, -0.1) is 0 Å². The highest BCUT2D eigenvalue weighted by Gasteiger charge is 2.18. The van der Waals surface area contributed by atoms with Crippen molar-refractivity contribution in [1.82, 2.24) is 0 Å². The van der Waals surface area contributed by atoms with Crippen LogP contribution >= 0.6 is 23.2 Å². The predicted molar refractivity (Wildman–Crippen MR) is 113 cm³/mol. The van der Waals surface area contributed by atoms with E-state index in [0.29, 0.717) is 21.3 Å². The van der Waals surface area contributed by atoms with E-state index in [1.807, 2.05) is 0 Å². The number of hydrogen-bond acceptors (Lipinski definition) is 3. The van der Waals surface area contributed by atoms with Gasteiger partial charge in [0.2, 0.25) is 5.91 Å². The summed E-state index contributed by atoms with van der Waals surface area (Å²) in [5.41, 5.74) is 1.85. The van der Waals surface area contributed by atoms with E-state index in [4.69, 9.17) is 27.9 Å². The van der Waals surface area contributed by atoms with Crippen LogP contribution in [0.1, 0.15) is 48.0 Å². The van der Waals surface area contributed by atoms with Crippen LogP contribution in [0.25, 0.3) is 6.08 Å². The number of rotatable bonds is 5. The molecule has 1 N–H and O–H groups in total. The molecule has 1 aliphatic rings. The van der Waals surface area contributed by atoms with Crippen molar-refractivity contribution in [2.45, 2.75) is 38.2 Å². The molecule has 3 rings (SSSR count). The smallest absolute Gasteiger partial charge is 0.338 e. The van der Waals surface area contributed by atoms with Crippen molar-refractivity contribution in [3.05, 3.63) is 69.7 Å². The first-order valence-electron chi connectivity index (χ1n) is 9.26. The number of anilines is 1. The average Bonchev–Trinajstić information content (AvgIpc) is 2.70. The van der Waals surface area contributed by atoms with Crippen LogP contribution in [0.5, 0.6) is 0 Å². The molecule has 0 bridgehead atoms. The third-order valence-corrected chi connectivity index (χ3v) is 5.32. The minimum absolute atomic E-state index is 0.0205. The van der Waals surface area contributed by atoms with Crippen LogP contribution in [0.2, 0.25) is 10.0 Å². The first-order chi connectivity index (χ1) is 13.5. The molecule has 0 spiro atoms. The zero-order valence-electron chi connectivity index (χ0n) is 15.3. The molecule has 0 radical (unpaired) electrons. The summed E-state index contributed by atoms with van der Waals surface area (Å²) in [4.78, 5) is 24.3. The highest BCUT2D eigenvalue weighted by atomic mass is 35.5. The number of carbonyl (C=O) groups is 2. The maximum Gasteiger partial charge on any atom is 0.338 e. The van der Waals surface area contributed by atoms with Crippen molar-refractivity contribution in [1.29, 1.82) is 0 Å². The first kappa shape index (κ1) is 20.4. The topological polar surface area (TPSA) is 55.4 Å². The monoisotopic (exact) mass is 417 g/mol. The number of nitrogens with one attached hydrogen (secondary N) is 1. The molecule has 0 aromatic heterocycles. The Morgan fingerprint density at radius 2 is 1.68 bits per heavy atom. The Kier molecular flexibility index (Phi) is 7.12. The summed E-state index contributed by atoms with van der Waals surface area (Å²) >= 11 is 11.8. The van der Waals surface area contributed by atoms with E-state index < -0.39 is 0 Å². The molecule has 2 aromatic carbocycles. The molecule has 1 amide bonds. The Hall–Kier alpha value is -2.30. The quantitative estimate of drug-likeness (QED) is 0.469. The summed E-state index contributed by atoms with van der Waals surface area (Å²) in [6.07, 6.45) is 8.38. The maximum absolute atomic E-state index is 12.2. The number of esters is 1. The van der Waals surface area contributed by atoms with Crippen LogP contribution < -0.4 is 5.32 Å². The summed E-state index contributed by atoms with van der Waals surface area (Å²) in [6, 6.07) is 11.8. The second-order valence-corrected chi connectivity index (χ2v) is 7.55. The van der Waals surface area contributed by atoms with E-state index in [9.17, 15) is 9.59 Å². The Labute approximate surface area is 174 Å². The van der Waals surface area contributed by atoms with E-state index in [2.05, 4.69) is 5.32 Å². The van der Waals surface area contributed by atoms with Gasteiger partial charge >= 0.3 is 5.97 Å². The molecular formula is C22H21Cl2NO3. The Bertz CT molecular complexity index is 872. The van der Waals surface area contributed by atoms with Crippen LogP contribution in [-0.4, -0.2) is 18.0 Å². The molecule has 0 atom stereocenters. The zero-order valence-corrected chi connectivity index (χ0v) is 16.8. The molecular weight excluding hydrogens is 397 g/mol. The third kappa shape index (κ3) is 5.85. The fraction of sp³-hybridized carbons (Fsp3) is 0.273. The number of benzene rings is 2. The van der Waals surface area contributed by atoms with Crippen molar-refractivity contribution in [2.24, 2.45) is 0 Å². The summed E-state index contributed by atoms with van der Waals surface area (Å²) in [5, 5.41) is 3.64. The number of amides is 1. The van der Waals surface area contributed by atoms with Gasteiger partial charge in [-0.25, -0.2) is 4.79 Å². The van der Waals surface area contributed by atoms with Gasteiger partial charge in [0.05, 0.1) is 15.6 Å². The number of carbonyl (C=O) groups excluding carboxylic acids is 2. The molecule has 28 heavy (non-hydrogen) atoms. The van der Waals surface area contributed by atoms with Gasteiger partial charge in [0.15, 0.2) is 0 Å². The van der Waals surface area contributed by atoms with Gasteiger partial charge in [-0.1, -0.05) is 35.7 Å². The molecule has 1 saturated carbocycles. The molecule has 0 heterocycles. The Morgan fingerprint density at radius 3 is 2.36 bits per heavy atom. The molecule has 0 unspecified atom stereocenters. The summed E-state index contributed by atoms with van der Waals surface area (Å²) in [6.45, 7) is 0. The molecule has 0 aliphatic heterocycles. The number of hydrogen-bond donors (Lipinski definition) is 1. The van der Waals surface area contributed by atoms with Crippen molar-refractivity contribution in [3.63, 3.8) is 0 Å². The van der Waals surface area contributed by atoms with Crippen molar-refractivity contribution in [2.75, 3.05) is 5.32 Å². The van der Waals surface area contributed by atoms with Gasteiger partial charge in [-0.3, -0.25) is 4.79 Å². The molecule has 0 saturated heterocycles. The molecule has 4 nitrogen and oxygen atoms in total. The molecule has 1 aliphatic carbocycles. The number of ether oxygens (including phenoxy) is 1. The third-order valence-electron chi connectivity index (χ3n) is 4.58. The van der Waals surface area contributed by atoms with E-state index >= 15 is 0 Å². The largest absolute Gasteiger partial charge is 0.459 e. The zero-order chi connectivity index (χ0) is 19.9. The fourth-order valence-corrected chi connectivity index (χ4v) is 3.37. The Morgan fingerprint density at radius 1 is 0.964 bits per heavy atom. The van der Waals surface area contributed by atoms with Crippen LogP contribution in [-0.2, 0) is 9.53 Å². The van der Waals surface area contributed by atoms with Gasteiger partial charge in [-0.05, 0) is 73.7 Å². The average molecular weight is 418 g/mol. The van der Waals surface area contributed by atoms with Gasteiger partial charge < -0.3 is 10.1 Å². The predicted octanol–water partition coefficient (Wildman–Crippen LogP) is 6.13. The van der Waals surface area contributed by atoms with Gasteiger partial charge in [-0.2, -0.15) is 0 Å². The number of halogens is 2. The lowest BCUT2D eigenvalue weighted by molar-refractivity contribution is -0.111. The van der Waals surface area contributed by atoms with Gasteiger partial charge in [0.1, 0.15) is 6.10 Å². The molecule has 1 fully saturated rings. The van der Waals surface area contributed by atoms with E-state index in [1.165, 1.54) is 12.5 Å². The highest BCUT2D eigenvalue weighted by molar-refractivity contribution is 6.42. The lowest BCUT2D eigenvalue weighted by Crippen LogP contribution is -2.20. The van der Waals surface area contributed by atoms with E-state index in [-0.39, 0.29) is 18.0 Å². The standard InChI is InChI=1S/C22H21Cl2NO3/c23-19-12-6-15(14-20(19)24)7-13-21(26)25-17-10-8-16(9-11-17)22(27)28-18-4-2-1-3-5-18/h6-14,18H,1-5H2,(H,25,26)/b13-7+. The van der Waals surface area contributed by atoms with Gasteiger partial charge in [0.25, 0.3) is 0 Å². The summed E-state index contributed by atoms with van der Waals surface area (Å²) in [7, 11) is 0. The lowest BCUT2D eigenvalue weighted by Gasteiger charge is -2.21. The molecule has 2 aromatic rings. The first-order valence-corrected chi connectivity index (χ1v) is 10.0. The van der Waals surface area contributed by atoms with Crippen molar-refractivity contribution in [3.8, 4) is 0 Å². The van der Waals surface area contributed by atoms with Crippen LogP contribution in [0.3, 0.4) is 0 Å². The Balaban J connectivity index is 1.54. The normalized spacial score (nSPS) is 14.8. The second-order valence-electron chi connectivity index (χ2n) is 6.74. The highest BCUT2D eigenvalue weighted by Crippen LogP contribution is 2.23. The van der Waals surface area contributed by atoms with Crippen molar-refractivity contribution < 1.29 is 14.3 Å². The lowest BCUT2D eigenvalue weighted by atomic mass is 9.98. The summed E-state index contributed by atoms with van der Waals surface area (Å²) in [5.74, 6) is -0.604. The van der Waals surface area contributed by atoms with E-state index in [0.717, 1.165) is 31.2 Å². The van der Waals surface area contributed by atoms with Crippen molar-refractivity contribution >= 4 is 46.8 Å². The van der Waals surface area contributed by atoms with Crippen LogP contribution in [0.4, 0.5) is 5.69 Å². The van der Waals surface area contributed by atoms with Crippen LogP contribution in [0.15, 0.2) is 48.5 Å². The minimum Gasteiger partial charge on any atom is -0.459 e. The molecule has 146 valence electrons. The summed E-state index contributed by atoms with van der Waals surface area (Å²) < 4.78 is 5.55. The molecule has 6 heteroatoms. The second kappa shape index (κ2) is 9.76. The van der Waals surface area contributed by atoms with E-state index in [1.54, 1.807) is 48.5 Å². The SMILES string of the molecule is O=C(/C=C/c1ccc(Cl)c(Cl)c1)Nc1ccc(C(=O)OC2CCCCC2)cc1.